The van der Waals surface area contributed by atoms with Gasteiger partial charge in [-0.05, 0) is 38.1 Å². The molecule has 0 aliphatic heterocycles. The lowest BCUT2D eigenvalue weighted by Crippen LogP contribution is -1.98. The van der Waals surface area contributed by atoms with Gasteiger partial charge >= 0.3 is 0 Å². The van der Waals surface area contributed by atoms with Crippen LogP contribution in [-0.2, 0) is 0 Å². The van der Waals surface area contributed by atoms with E-state index in [4.69, 9.17) is 0 Å². The number of nitrogens with zero attached hydrogens (tertiary/aromatic N) is 3. The molecule has 5 nitrogen and oxygen atoms in total. The van der Waals surface area contributed by atoms with Crippen molar-refractivity contribution in [2.75, 3.05) is 0 Å². The lowest BCUT2D eigenvalue weighted by atomic mass is 10.2. The van der Waals surface area contributed by atoms with Crippen LogP contribution < -0.4 is 0 Å². The lowest BCUT2D eigenvalue weighted by Gasteiger charge is -2.05. The Morgan fingerprint density at radius 3 is 2.30 bits per heavy atom. The molecule has 0 bridgehead atoms. The third-order valence-electron chi connectivity index (χ3n) is 3.07. The van der Waals surface area contributed by atoms with E-state index in [1.54, 1.807) is 22.9 Å². The van der Waals surface area contributed by atoms with Crippen molar-refractivity contribution in [3.8, 4) is 0 Å². The molecular formula is C22H31N3O2. The van der Waals surface area contributed by atoms with Gasteiger partial charge in [0.2, 0.25) is 0 Å². The van der Waals surface area contributed by atoms with Crippen LogP contribution in [0.4, 0.5) is 5.69 Å². The van der Waals surface area contributed by atoms with Crippen molar-refractivity contribution in [1.29, 1.82) is 0 Å². The summed E-state index contributed by atoms with van der Waals surface area (Å²) in [7, 11) is 0. The van der Waals surface area contributed by atoms with E-state index in [0.29, 0.717) is 11.2 Å². The summed E-state index contributed by atoms with van der Waals surface area (Å²) in [5.74, 6) is 0. The van der Waals surface area contributed by atoms with E-state index < -0.39 is 4.92 Å². The molecule has 0 N–H and O–H groups in total. The van der Waals surface area contributed by atoms with Crippen LogP contribution in [0.3, 0.4) is 0 Å². The zero-order valence-electron chi connectivity index (χ0n) is 17.3. The molecule has 2 aromatic rings. The van der Waals surface area contributed by atoms with E-state index in [9.17, 15) is 10.1 Å². The number of rotatable bonds is 5. The smallest absolute Gasteiger partial charge is 0.258 e. The summed E-state index contributed by atoms with van der Waals surface area (Å²) >= 11 is 0. The lowest BCUT2D eigenvalue weighted by molar-refractivity contribution is -0.384. The zero-order valence-corrected chi connectivity index (χ0v) is 17.3. The number of nitro benzene ring substituents is 1. The van der Waals surface area contributed by atoms with Gasteiger partial charge in [-0.25, -0.2) is 4.68 Å². The summed E-state index contributed by atoms with van der Waals surface area (Å²) in [4.78, 5) is 10.6. The fourth-order valence-corrected chi connectivity index (χ4v) is 2.18. The summed E-state index contributed by atoms with van der Waals surface area (Å²) < 4.78 is 1.67. The minimum atomic E-state index is -0.415. The van der Waals surface area contributed by atoms with Crippen molar-refractivity contribution in [2.24, 2.45) is 0 Å². The second kappa shape index (κ2) is 12.4. The van der Waals surface area contributed by atoms with Gasteiger partial charge in [-0.3, -0.25) is 10.1 Å². The van der Waals surface area contributed by atoms with Crippen molar-refractivity contribution < 1.29 is 4.92 Å². The quantitative estimate of drug-likeness (QED) is 0.323. The normalized spacial score (nSPS) is 10.1. The maximum atomic E-state index is 11.0. The average Bonchev–Trinajstić information content (AvgIpc) is 3.01. The van der Waals surface area contributed by atoms with E-state index in [1.807, 2.05) is 39.8 Å². The van der Waals surface area contributed by atoms with Crippen LogP contribution in [0.1, 0.15) is 53.7 Å². The highest BCUT2D eigenvalue weighted by Gasteiger charge is 2.14. The average molecular weight is 370 g/mol. The van der Waals surface area contributed by atoms with Crippen LogP contribution in [0, 0.1) is 10.1 Å². The molecule has 2 rings (SSSR count). The molecule has 0 atom stereocenters. The van der Waals surface area contributed by atoms with Gasteiger partial charge in [-0.1, -0.05) is 58.9 Å². The summed E-state index contributed by atoms with van der Waals surface area (Å²) in [6, 6.07) is 4.69. The molecule has 5 heteroatoms. The molecule has 1 heterocycles. The van der Waals surface area contributed by atoms with Crippen LogP contribution in [0.15, 0.2) is 55.2 Å². The first-order chi connectivity index (χ1) is 12.9. The van der Waals surface area contributed by atoms with Gasteiger partial charge in [0.15, 0.2) is 0 Å². The molecule has 1 aromatic carbocycles. The number of nitro groups is 1. The standard InChI is InChI=1S/C17H17N3O2.C3H8.C2H6/c1-5-7-13(10-12(3)4)19-17-11-14(20(21)22)8-9-15(17)16(6-2)18-19;1-3-2;1-2/h5-11H,1-2H2,3-4H3;3H2,1-2H3;1-2H3/b13-7+;;. The molecule has 0 fully saturated rings. The van der Waals surface area contributed by atoms with Crippen LogP contribution in [0.5, 0.6) is 0 Å². The largest absolute Gasteiger partial charge is 0.271 e. The van der Waals surface area contributed by atoms with Crippen LogP contribution in [0.2, 0.25) is 0 Å². The van der Waals surface area contributed by atoms with Gasteiger partial charge in [0.1, 0.15) is 0 Å². The Morgan fingerprint density at radius 1 is 1.26 bits per heavy atom. The molecule has 0 radical (unpaired) electrons. The first-order valence-corrected chi connectivity index (χ1v) is 9.17. The summed E-state index contributed by atoms with van der Waals surface area (Å²) in [6.07, 6.45) is 8.30. The summed E-state index contributed by atoms with van der Waals surface area (Å²) in [5.41, 5.74) is 3.24. The first-order valence-electron chi connectivity index (χ1n) is 9.17. The van der Waals surface area contributed by atoms with Crippen LogP contribution >= 0.6 is 0 Å². The maximum absolute atomic E-state index is 11.0. The number of allylic oxidation sites excluding steroid dienone is 5. The number of benzene rings is 1. The molecule has 0 amide bonds. The molecule has 0 unspecified atom stereocenters. The van der Waals surface area contributed by atoms with Gasteiger partial charge in [0.25, 0.3) is 5.69 Å². The highest BCUT2D eigenvalue weighted by molar-refractivity contribution is 5.91. The monoisotopic (exact) mass is 369 g/mol. The van der Waals surface area contributed by atoms with E-state index >= 15 is 0 Å². The van der Waals surface area contributed by atoms with E-state index in [2.05, 4.69) is 32.1 Å². The minimum absolute atomic E-state index is 0.0272. The third kappa shape index (κ3) is 6.70. The van der Waals surface area contributed by atoms with Gasteiger partial charge in [-0.15, -0.1) is 0 Å². The van der Waals surface area contributed by atoms with Gasteiger partial charge in [0, 0.05) is 17.5 Å². The van der Waals surface area contributed by atoms with Gasteiger partial charge in [-0.2, -0.15) is 5.10 Å². The van der Waals surface area contributed by atoms with Crippen molar-refractivity contribution in [1.82, 2.24) is 9.78 Å². The Balaban J connectivity index is 0.00000123. The summed E-state index contributed by atoms with van der Waals surface area (Å²) in [5, 5.41) is 16.3. The van der Waals surface area contributed by atoms with Crippen molar-refractivity contribution in [2.45, 2.75) is 48.0 Å². The van der Waals surface area contributed by atoms with Crippen molar-refractivity contribution in [3.63, 3.8) is 0 Å². The van der Waals surface area contributed by atoms with Crippen molar-refractivity contribution >= 4 is 28.4 Å². The van der Waals surface area contributed by atoms with E-state index in [1.165, 1.54) is 18.6 Å². The molecule has 27 heavy (non-hydrogen) atoms. The first kappa shape index (κ1) is 24.1. The third-order valence-corrected chi connectivity index (χ3v) is 3.07. The fraction of sp³-hybridized carbons (Fsp3) is 0.318. The topological polar surface area (TPSA) is 61.0 Å². The maximum Gasteiger partial charge on any atom is 0.271 e. The molecule has 0 saturated carbocycles. The number of hydrogen-bond donors (Lipinski definition) is 0. The van der Waals surface area contributed by atoms with Gasteiger partial charge < -0.3 is 0 Å². The van der Waals surface area contributed by atoms with Crippen molar-refractivity contribution in [3.05, 3.63) is 71.0 Å². The van der Waals surface area contributed by atoms with Crippen LogP contribution in [0.25, 0.3) is 22.7 Å². The Kier molecular flexibility index (Phi) is 11.1. The molecule has 0 saturated heterocycles. The number of fused-ring (bicyclic) bond motifs is 1. The Bertz CT molecular complexity index is 839. The second-order valence-corrected chi connectivity index (χ2v) is 5.72. The van der Waals surface area contributed by atoms with E-state index in [-0.39, 0.29) is 5.69 Å². The molecule has 0 aliphatic rings. The molecule has 146 valence electrons. The van der Waals surface area contributed by atoms with Gasteiger partial charge in [0.05, 0.1) is 21.8 Å². The molecule has 0 spiro atoms. The fourth-order valence-electron chi connectivity index (χ4n) is 2.18. The molecular weight excluding hydrogens is 338 g/mol. The highest BCUT2D eigenvalue weighted by Crippen LogP contribution is 2.27. The predicted molar refractivity (Wildman–Crippen MR) is 118 cm³/mol. The number of hydrogen-bond acceptors (Lipinski definition) is 3. The summed E-state index contributed by atoms with van der Waals surface area (Å²) in [6.45, 7) is 19.7. The Morgan fingerprint density at radius 2 is 1.85 bits per heavy atom. The Labute approximate surface area is 162 Å². The Hall–Kier alpha value is -2.95. The van der Waals surface area contributed by atoms with E-state index in [0.717, 1.165) is 16.7 Å². The SMILES string of the molecule is C=C/C=C(\C=C(C)C)n1nc(C=C)c2ccc([N+](=O)[O-])cc21.CC.CCC. The predicted octanol–water partition coefficient (Wildman–Crippen LogP) is 7.02. The zero-order chi connectivity index (χ0) is 21.0. The molecule has 0 aliphatic carbocycles. The number of non-ortho nitro benzene ring substituents is 1. The molecule has 1 aromatic heterocycles. The number of aromatic nitrogens is 2. The highest BCUT2D eigenvalue weighted by atomic mass is 16.6. The second-order valence-electron chi connectivity index (χ2n) is 5.72. The van der Waals surface area contributed by atoms with Crippen LogP contribution in [-0.4, -0.2) is 14.7 Å². The minimum Gasteiger partial charge on any atom is -0.258 e.